The van der Waals surface area contributed by atoms with Gasteiger partial charge >= 0.3 is 0 Å². The Balaban J connectivity index is 2.07. The summed E-state index contributed by atoms with van der Waals surface area (Å²) in [5, 5.41) is 6.46. The van der Waals surface area contributed by atoms with E-state index in [9.17, 15) is 8.42 Å². The SMILES string of the molecule is CC(=NNc1ccccc1)c1cc(S(=O)(=O)N(C)C)ccc1-c1cccs1. The van der Waals surface area contributed by atoms with Crippen molar-refractivity contribution in [1.82, 2.24) is 4.31 Å². The molecule has 3 rings (SSSR count). The fraction of sp³-hybridized carbons (Fsp3) is 0.150. The minimum absolute atomic E-state index is 0.247. The Hall–Kier alpha value is -2.48. The van der Waals surface area contributed by atoms with Gasteiger partial charge in [-0.3, -0.25) is 5.43 Å². The summed E-state index contributed by atoms with van der Waals surface area (Å²) in [6.07, 6.45) is 0. The van der Waals surface area contributed by atoms with Gasteiger partial charge in [0, 0.05) is 30.1 Å². The number of rotatable bonds is 6. The average molecular weight is 400 g/mol. The van der Waals surface area contributed by atoms with Crippen LogP contribution in [0.4, 0.5) is 5.69 Å². The van der Waals surface area contributed by atoms with Gasteiger partial charge in [0.15, 0.2) is 0 Å². The van der Waals surface area contributed by atoms with Crippen LogP contribution in [0.2, 0.25) is 0 Å². The van der Waals surface area contributed by atoms with Gasteiger partial charge in [0.05, 0.1) is 16.3 Å². The summed E-state index contributed by atoms with van der Waals surface area (Å²) in [6, 6.07) is 18.8. The van der Waals surface area contributed by atoms with Crippen molar-refractivity contribution in [1.29, 1.82) is 0 Å². The lowest BCUT2D eigenvalue weighted by Crippen LogP contribution is -2.22. The number of nitrogens with one attached hydrogen (secondary N) is 1. The number of nitrogens with zero attached hydrogens (tertiary/aromatic N) is 2. The third-order valence-corrected chi connectivity index (χ3v) is 6.79. The molecule has 0 amide bonds. The zero-order valence-electron chi connectivity index (χ0n) is 15.4. The second-order valence-electron chi connectivity index (χ2n) is 6.15. The Morgan fingerprint density at radius 2 is 1.78 bits per heavy atom. The Morgan fingerprint density at radius 1 is 1.04 bits per heavy atom. The van der Waals surface area contributed by atoms with Crippen LogP contribution in [0.5, 0.6) is 0 Å². The van der Waals surface area contributed by atoms with Crippen molar-refractivity contribution in [2.45, 2.75) is 11.8 Å². The molecule has 27 heavy (non-hydrogen) atoms. The van der Waals surface area contributed by atoms with Crippen LogP contribution in [-0.4, -0.2) is 32.5 Å². The summed E-state index contributed by atoms with van der Waals surface area (Å²) in [5.41, 5.74) is 6.34. The highest BCUT2D eigenvalue weighted by molar-refractivity contribution is 7.89. The molecule has 0 aliphatic carbocycles. The van der Waals surface area contributed by atoms with Gasteiger partial charge in [-0.05, 0) is 42.6 Å². The van der Waals surface area contributed by atoms with Crippen LogP contribution in [0.25, 0.3) is 10.4 Å². The summed E-state index contributed by atoms with van der Waals surface area (Å²) in [6.45, 7) is 1.87. The predicted octanol–water partition coefficient (Wildman–Crippen LogP) is 4.50. The molecule has 0 aliphatic rings. The fourth-order valence-corrected chi connectivity index (χ4v) is 4.26. The molecule has 140 valence electrons. The molecule has 1 aromatic heterocycles. The van der Waals surface area contributed by atoms with E-state index in [1.54, 1.807) is 23.5 Å². The maximum absolute atomic E-state index is 12.6. The maximum atomic E-state index is 12.6. The van der Waals surface area contributed by atoms with Crippen LogP contribution in [0.1, 0.15) is 12.5 Å². The first-order chi connectivity index (χ1) is 12.9. The summed E-state index contributed by atoms with van der Waals surface area (Å²) < 4.78 is 26.3. The van der Waals surface area contributed by atoms with Crippen molar-refractivity contribution in [3.05, 3.63) is 71.6 Å². The molecule has 5 nitrogen and oxygen atoms in total. The van der Waals surface area contributed by atoms with Gasteiger partial charge in [0.1, 0.15) is 0 Å². The number of hydrazone groups is 1. The number of sulfonamides is 1. The highest BCUT2D eigenvalue weighted by Crippen LogP contribution is 2.31. The standard InChI is InChI=1S/C20H21N3O2S2/c1-15(21-22-16-8-5-4-6-9-16)19-14-17(27(24,25)23(2)3)11-12-18(19)20-10-7-13-26-20/h4-14,22H,1-3H3. The molecule has 2 aromatic carbocycles. The summed E-state index contributed by atoms with van der Waals surface area (Å²) in [4.78, 5) is 1.31. The van der Waals surface area contributed by atoms with E-state index in [0.717, 1.165) is 21.7 Å². The maximum Gasteiger partial charge on any atom is 0.242 e. The third-order valence-electron chi connectivity index (χ3n) is 4.07. The fourth-order valence-electron chi connectivity index (χ4n) is 2.56. The number of para-hydroxylation sites is 1. The molecule has 0 aliphatic heterocycles. The molecule has 1 heterocycles. The normalized spacial score (nSPS) is 12.4. The first-order valence-corrected chi connectivity index (χ1v) is 10.7. The van der Waals surface area contributed by atoms with Crippen molar-refractivity contribution >= 4 is 32.8 Å². The molecule has 1 N–H and O–H groups in total. The van der Waals surface area contributed by atoms with Gasteiger partial charge in [-0.25, -0.2) is 12.7 Å². The van der Waals surface area contributed by atoms with Gasteiger partial charge in [-0.2, -0.15) is 5.10 Å². The first-order valence-electron chi connectivity index (χ1n) is 8.36. The van der Waals surface area contributed by atoms with E-state index in [1.165, 1.54) is 18.4 Å². The molecule has 0 saturated heterocycles. The van der Waals surface area contributed by atoms with Crippen LogP contribution >= 0.6 is 11.3 Å². The summed E-state index contributed by atoms with van der Waals surface area (Å²) >= 11 is 1.61. The van der Waals surface area contributed by atoms with Crippen molar-refractivity contribution in [3.8, 4) is 10.4 Å². The summed E-state index contributed by atoms with van der Waals surface area (Å²) in [7, 11) is -0.469. The Labute approximate surface area is 164 Å². The lowest BCUT2D eigenvalue weighted by atomic mass is 10.0. The topological polar surface area (TPSA) is 61.8 Å². The Kier molecular flexibility index (Phi) is 5.74. The van der Waals surface area contributed by atoms with Crippen LogP contribution in [0.3, 0.4) is 0 Å². The molecule has 0 unspecified atom stereocenters. The number of hydrogen-bond donors (Lipinski definition) is 1. The van der Waals surface area contributed by atoms with E-state index in [4.69, 9.17) is 0 Å². The largest absolute Gasteiger partial charge is 0.278 e. The number of hydrogen-bond acceptors (Lipinski definition) is 5. The molecule has 0 radical (unpaired) electrons. The second-order valence-corrected chi connectivity index (χ2v) is 9.25. The molecule has 3 aromatic rings. The lowest BCUT2D eigenvalue weighted by molar-refractivity contribution is 0.521. The van der Waals surface area contributed by atoms with E-state index in [0.29, 0.717) is 5.71 Å². The Bertz CT molecular complexity index is 1040. The minimum atomic E-state index is -3.52. The first kappa shape index (κ1) is 19.3. The predicted molar refractivity (Wildman–Crippen MR) is 113 cm³/mol. The van der Waals surface area contributed by atoms with Crippen molar-refractivity contribution in [2.24, 2.45) is 5.10 Å². The van der Waals surface area contributed by atoms with Gasteiger partial charge in [-0.15, -0.1) is 11.3 Å². The molecule has 0 fully saturated rings. The van der Waals surface area contributed by atoms with E-state index in [1.807, 2.05) is 60.8 Å². The number of benzene rings is 2. The monoisotopic (exact) mass is 399 g/mol. The second kappa shape index (κ2) is 8.04. The highest BCUT2D eigenvalue weighted by atomic mass is 32.2. The number of anilines is 1. The van der Waals surface area contributed by atoms with Crippen molar-refractivity contribution in [2.75, 3.05) is 19.5 Å². The molecule has 0 spiro atoms. The zero-order chi connectivity index (χ0) is 19.4. The third kappa shape index (κ3) is 4.27. The number of thiophene rings is 1. The Morgan fingerprint density at radius 3 is 2.41 bits per heavy atom. The van der Waals surface area contributed by atoms with E-state index >= 15 is 0 Å². The molecular formula is C20H21N3O2S2. The smallest absolute Gasteiger partial charge is 0.242 e. The van der Waals surface area contributed by atoms with Crippen molar-refractivity contribution < 1.29 is 8.42 Å². The van der Waals surface area contributed by atoms with Crippen molar-refractivity contribution in [3.63, 3.8) is 0 Å². The van der Waals surface area contributed by atoms with E-state index in [2.05, 4.69) is 10.5 Å². The zero-order valence-corrected chi connectivity index (χ0v) is 17.0. The van der Waals surface area contributed by atoms with Crippen LogP contribution < -0.4 is 5.43 Å². The van der Waals surface area contributed by atoms with Gasteiger partial charge in [0.25, 0.3) is 0 Å². The minimum Gasteiger partial charge on any atom is -0.278 e. The lowest BCUT2D eigenvalue weighted by Gasteiger charge is -2.15. The molecule has 0 atom stereocenters. The van der Waals surface area contributed by atoms with Gasteiger partial charge in [-0.1, -0.05) is 30.3 Å². The average Bonchev–Trinajstić information content (AvgIpc) is 3.21. The van der Waals surface area contributed by atoms with E-state index in [-0.39, 0.29) is 4.90 Å². The highest BCUT2D eigenvalue weighted by Gasteiger charge is 2.20. The quantitative estimate of drug-likeness (QED) is 0.490. The molecule has 7 heteroatoms. The molecule has 0 bridgehead atoms. The molecule has 0 saturated carbocycles. The van der Waals surface area contributed by atoms with Gasteiger partial charge < -0.3 is 0 Å². The molecular weight excluding hydrogens is 378 g/mol. The van der Waals surface area contributed by atoms with Crippen LogP contribution in [0.15, 0.2) is 76.0 Å². The van der Waals surface area contributed by atoms with Crippen LogP contribution in [-0.2, 0) is 10.0 Å². The van der Waals surface area contributed by atoms with Crippen LogP contribution in [0, 0.1) is 0 Å². The van der Waals surface area contributed by atoms with E-state index < -0.39 is 10.0 Å². The summed E-state index contributed by atoms with van der Waals surface area (Å²) in [5.74, 6) is 0. The van der Waals surface area contributed by atoms with Gasteiger partial charge in [0.2, 0.25) is 10.0 Å².